The number of pyridine rings is 1. The van der Waals surface area contributed by atoms with Crippen molar-refractivity contribution in [1.82, 2.24) is 18.7 Å². The average Bonchev–Trinajstić information content (AvgIpc) is 3.74. The highest BCUT2D eigenvalue weighted by Crippen LogP contribution is 2.42. The molecule has 0 aliphatic carbocycles. The number of aromatic nitrogens is 4. The van der Waals surface area contributed by atoms with Crippen LogP contribution in [0.25, 0.3) is 82.7 Å². The Kier molecular flexibility index (Phi) is 4.96. The van der Waals surface area contributed by atoms with Gasteiger partial charge in [-0.15, -0.1) is 0 Å². The summed E-state index contributed by atoms with van der Waals surface area (Å²) in [6, 6.07) is 56.2. The molecule has 0 fully saturated rings. The van der Waals surface area contributed by atoms with Gasteiger partial charge in [0.25, 0.3) is 0 Å². The van der Waals surface area contributed by atoms with Crippen molar-refractivity contribution in [3.63, 3.8) is 0 Å². The van der Waals surface area contributed by atoms with Crippen molar-refractivity contribution in [2.24, 2.45) is 0 Å². The van der Waals surface area contributed by atoms with Crippen molar-refractivity contribution in [3.05, 3.63) is 158 Å². The van der Waals surface area contributed by atoms with Crippen LogP contribution in [0.15, 0.2) is 158 Å². The molecular formula is C41H26N4. The molecule has 0 aliphatic rings. The van der Waals surface area contributed by atoms with E-state index >= 15 is 0 Å². The van der Waals surface area contributed by atoms with Crippen LogP contribution >= 0.6 is 0 Å². The predicted octanol–water partition coefficient (Wildman–Crippen LogP) is 10.4. The fourth-order valence-electron chi connectivity index (χ4n) is 7.45. The quantitative estimate of drug-likeness (QED) is 0.206. The minimum absolute atomic E-state index is 0.895. The zero-order valence-electron chi connectivity index (χ0n) is 24.3. The third-order valence-electron chi connectivity index (χ3n) is 9.24. The van der Waals surface area contributed by atoms with Crippen LogP contribution in [0.3, 0.4) is 0 Å². The van der Waals surface area contributed by atoms with E-state index in [-0.39, 0.29) is 0 Å². The van der Waals surface area contributed by atoms with E-state index in [0.29, 0.717) is 0 Å². The lowest BCUT2D eigenvalue weighted by Gasteiger charge is -2.12. The summed E-state index contributed by atoms with van der Waals surface area (Å²) in [5, 5.41) is 7.44. The van der Waals surface area contributed by atoms with E-state index in [1.165, 1.54) is 43.4 Å². The molecule has 0 unspecified atom stereocenters. The fourth-order valence-corrected chi connectivity index (χ4v) is 7.45. The standard InChI is InChI=1S/C41H26N4/c1-2-13-27(14-3-1)43-34-21-10-6-17-30(34)40-36(43)25-26-37-41(40)31-18-7-11-22-35(31)45(37)39-24-12-23-38(42-39)44-32-19-8-4-15-28(32)29-16-5-9-20-33(29)44/h1-26H. The molecule has 0 N–H and O–H groups in total. The Morgan fingerprint density at radius 1 is 0.289 bits per heavy atom. The first-order chi connectivity index (χ1) is 22.4. The van der Waals surface area contributed by atoms with Crippen LogP contribution in [-0.4, -0.2) is 18.7 Å². The molecule has 4 heteroatoms. The maximum absolute atomic E-state index is 5.37. The Balaban J connectivity index is 1.30. The zero-order chi connectivity index (χ0) is 29.5. The van der Waals surface area contributed by atoms with Crippen LogP contribution in [0.5, 0.6) is 0 Å². The van der Waals surface area contributed by atoms with Gasteiger partial charge in [-0.1, -0.05) is 97.1 Å². The van der Waals surface area contributed by atoms with Gasteiger partial charge in [0, 0.05) is 38.0 Å². The van der Waals surface area contributed by atoms with Gasteiger partial charge in [-0.05, 0) is 60.7 Å². The van der Waals surface area contributed by atoms with E-state index in [9.17, 15) is 0 Å². The van der Waals surface area contributed by atoms with Gasteiger partial charge in [0.2, 0.25) is 0 Å². The van der Waals surface area contributed by atoms with Crippen molar-refractivity contribution < 1.29 is 0 Å². The molecule has 6 aromatic carbocycles. The molecule has 0 radical (unpaired) electrons. The highest BCUT2D eigenvalue weighted by molar-refractivity contribution is 6.28. The van der Waals surface area contributed by atoms with Crippen LogP contribution in [0.1, 0.15) is 0 Å². The van der Waals surface area contributed by atoms with Crippen LogP contribution in [-0.2, 0) is 0 Å². The molecule has 0 bridgehead atoms. The first-order valence-corrected chi connectivity index (χ1v) is 15.3. The summed E-state index contributed by atoms with van der Waals surface area (Å²) in [7, 11) is 0. The largest absolute Gasteiger partial charge is 0.309 e. The molecule has 45 heavy (non-hydrogen) atoms. The fraction of sp³-hybridized carbons (Fsp3) is 0. The molecule has 4 aromatic heterocycles. The summed E-state index contributed by atoms with van der Waals surface area (Å²) < 4.78 is 7.00. The molecule has 0 spiro atoms. The minimum atomic E-state index is 0.895. The first-order valence-electron chi connectivity index (χ1n) is 15.3. The van der Waals surface area contributed by atoms with E-state index in [1.807, 2.05) is 0 Å². The molecule has 0 amide bonds. The SMILES string of the molecule is c1ccc(-n2c3ccccc3c3c4c5ccccc5n(-c5cccc(-n6c7ccccc7c7ccccc76)n5)c4ccc32)cc1. The zero-order valence-corrected chi connectivity index (χ0v) is 24.3. The molecule has 0 atom stereocenters. The molecule has 0 saturated heterocycles. The highest BCUT2D eigenvalue weighted by atomic mass is 15.1. The number of nitrogens with zero attached hydrogens (tertiary/aromatic N) is 4. The smallest absolute Gasteiger partial charge is 0.140 e. The molecule has 210 valence electrons. The highest BCUT2D eigenvalue weighted by Gasteiger charge is 2.21. The molecule has 4 heterocycles. The van der Waals surface area contributed by atoms with Gasteiger partial charge in [0.15, 0.2) is 0 Å². The predicted molar refractivity (Wildman–Crippen MR) is 187 cm³/mol. The summed E-state index contributed by atoms with van der Waals surface area (Å²) in [6.07, 6.45) is 0. The van der Waals surface area contributed by atoms with Crippen LogP contribution in [0.4, 0.5) is 0 Å². The Morgan fingerprint density at radius 3 is 1.24 bits per heavy atom. The molecule has 10 rings (SSSR count). The van der Waals surface area contributed by atoms with Crippen LogP contribution in [0, 0.1) is 0 Å². The van der Waals surface area contributed by atoms with Crippen molar-refractivity contribution in [3.8, 4) is 17.3 Å². The second kappa shape index (κ2) is 9.18. The molecular weight excluding hydrogens is 548 g/mol. The van der Waals surface area contributed by atoms with E-state index in [4.69, 9.17) is 4.98 Å². The van der Waals surface area contributed by atoms with Gasteiger partial charge in [-0.3, -0.25) is 9.13 Å². The van der Waals surface area contributed by atoms with Crippen molar-refractivity contribution >= 4 is 65.4 Å². The normalized spacial score (nSPS) is 12.0. The van der Waals surface area contributed by atoms with Gasteiger partial charge in [0.1, 0.15) is 11.6 Å². The number of para-hydroxylation sites is 5. The van der Waals surface area contributed by atoms with Crippen molar-refractivity contribution in [2.75, 3.05) is 0 Å². The van der Waals surface area contributed by atoms with Crippen molar-refractivity contribution in [1.29, 1.82) is 0 Å². The summed E-state index contributed by atoms with van der Waals surface area (Å²) in [5.74, 6) is 1.80. The topological polar surface area (TPSA) is 27.7 Å². The maximum atomic E-state index is 5.37. The second-order valence-corrected chi connectivity index (χ2v) is 11.6. The van der Waals surface area contributed by atoms with Crippen molar-refractivity contribution in [2.45, 2.75) is 0 Å². The lowest BCUT2D eigenvalue weighted by atomic mass is 10.1. The molecule has 10 aromatic rings. The van der Waals surface area contributed by atoms with Crippen LogP contribution < -0.4 is 0 Å². The number of hydrogen-bond donors (Lipinski definition) is 0. The summed E-state index contributed by atoms with van der Waals surface area (Å²) >= 11 is 0. The molecule has 4 nitrogen and oxygen atoms in total. The van der Waals surface area contributed by atoms with E-state index < -0.39 is 0 Å². The van der Waals surface area contributed by atoms with E-state index in [2.05, 4.69) is 171 Å². The lowest BCUT2D eigenvalue weighted by molar-refractivity contribution is 1.01. The monoisotopic (exact) mass is 574 g/mol. The summed E-state index contributed by atoms with van der Waals surface area (Å²) in [5.41, 5.74) is 8.16. The minimum Gasteiger partial charge on any atom is -0.309 e. The van der Waals surface area contributed by atoms with Gasteiger partial charge in [0.05, 0.1) is 33.1 Å². The second-order valence-electron chi connectivity index (χ2n) is 11.6. The average molecular weight is 575 g/mol. The third kappa shape index (κ3) is 3.34. The number of fused-ring (bicyclic) bond motifs is 10. The molecule has 0 aliphatic heterocycles. The maximum Gasteiger partial charge on any atom is 0.140 e. The van der Waals surface area contributed by atoms with Gasteiger partial charge < -0.3 is 4.57 Å². The third-order valence-corrected chi connectivity index (χ3v) is 9.24. The summed E-state index contributed by atoms with van der Waals surface area (Å²) in [6.45, 7) is 0. The Morgan fingerprint density at radius 2 is 0.689 bits per heavy atom. The van der Waals surface area contributed by atoms with Gasteiger partial charge in [-0.25, -0.2) is 4.98 Å². The van der Waals surface area contributed by atoms with Gasteiger partial charge in [-0.2, -0.15) is 0 Å². The van der Waals surface area contributed by atoms with Crippen LogP contribution in [0.2, 0.25) is 0 Å². The Hall–Kier alpha value is -6.13. The Labute approximate surface area is 258 Å². The molecule has 0 saturated carbocycles. The van der Waals surface area contributed by atoms with E-state index in [1.54, 1.807) is 0 Å². The Bertz CT molecular complexity index is 2710. The summed E-state index contributed by atoms with van der Waals surface area (Å²) in [4.78, 5) is 5.37. The first kappa shape index (κ1) is 24.3. The van der Waals surface area contributed by atoms with Gasteiger partial charge >= 0.3 is 0 Å². The lowest BCUT2D eigenvalue weighted by Crippen LogP contribution is -2.03. The number of hydrogen-bond acceptors (Lipinski definition) is 1. The van der Waals surface area contributed by atoms with E-state index in [0.717, 1.165) is 39.4 Å². The number of benzene rings is 6. The number of rotatable bonds is 3.